The van der Waals surface area contributed by atoms with E-state index in [0.717, 1.165) is 5.56 Å². The average molecular weight is 282 g/mol. The van der Waals surface area contributed by atoms with Crippen molar-refractivity contribution in [1.82, 2.24) is 0 Å². The van der Waals surface area contributed by atoms with Crippen LogP contribution in [0.3, 0.4) is 0 Å². The third kappa shape index (κ3) is 6.27. The third-order valence-corrected chi connectivity index (χ3v) is 3.04. The standard InChI is InChI=1S/C14H15FO3S/c1-2-18-14(17)10-19-9-12-6-11(4-3-5-16)7-13(15)8-12/h6-8,16H,2,5,9-10H2,1H3. The third-order valence-electron chi connectivity index (χ3n) is 2.06. The van der Waals surface area contributed by atoms with Crippen LogP contribution in [0.5, 0.6) is 0 Å². The van der Waals surface area contributed by atoms with Crippen LogP contribution in [-0.4, -0.2) is 30.0 Å². The molecule has 0 aliphatic heterocycles. The Balaban J connectivity index is 2.58. The predicted molar refractivity (Wildman–Crippen MR) is 73.2 cm³/mol. The lowest BCUT2D eigenvalue weighted by Gasteiger charge is -2.03. The highest BCUT2D eigenvalue weighted by atomic mass is 32.2. The molecule has 1 rings (SSSR count). The van der Waals surface area contributed by atoms with Gasteiger partial charge in [0.1, 0.15) is 12.4 Å². The van der Waals surface area contributed by atoms with Gasteiger partial charge in [-0.2, -0.15) is 0 Å². The molecule has 0 saturated heterocycles. The van der Waals surface area contributed by atoms with E-state index in [0.29, 0.717) is 17.9 Å². The van der Waals surface area contributed by atoms with Crippen LogP contribution < -0.4 is 0 Å². The van der Waals surface area contributed by atoms with Gasteiger partial charge in [-0.3, -0.25) is 4.79 Å². The normalized spacial score (nSPS) is 9.63. The lowest BCUT2D eigenvalue weighted by atomic mass is 10.1. The minimum absolute atomic E-state index is 0.238. The zero-order valence-electron chi connectivity index (χ0n) is 10.6. The molecular weight excluding hydrogens is 267 g/mol. The summed E-state index contributed by atoms with van der Waals surface area (Å²) >= 11 is 1.36. The maximum Gasteiger partial charge on any atom is 0.315 e. The van der Waals surface area contributed by atoms with E-state index in [1.807, 2.05) is 0 Å². The van der Waals surface area contributed by atoms with Gasteiger partial charge >= 0.3 is 5.97 Å². The molecule has 1 aromatic rings. The van der Waals surface area contributed by atoms with Gasteiger partial charge in [0.25, 0.3) is 0 Å². The van der Waals surface area contributed by atoms with Gasteiger partial charge in [0.05, 0.1) is 12.4 Å². The molecule has 1 aromatic carbocycles. The van der Waals surface area contributed by atoms with Gasteiger partial charge in [0, 0.05) is 11.3 Å². The second-order valence-electron chi connectivity index (χ2n) is 3.61. The van der Waals surface area contributed by atoms with E-state index in [2.05, 4.69) is 11.8 Å². The number of benzene rings is 1. The molecular formula is C14H15FO3S. The molecule has 0 radical (unpaired) electrons. The number of carbonyl (C=O) groups is 1. The Kier molecular flexibility index (Phi) is 7.01. The van der Waals surface area contributed by atoms with E-state index in [1.54, 1.807) is 13.0 Å². The van der Waals surface area contributed by atoms with Crippen LogP contribution in [0.4, 0.5) is 4.39 Å². The molecule has 0 spiro atoms. The van der Waals surface area contributed by atoms with E-state index in [-0.39, 0.29) is 24.1 Å². The molecule has 0 saturated carbocycles. The average Bonchev–Trinajstić information content (AvgIpc) is 2.36. The van der Waals surface area contributed by atoms with Crippen LogP contribution in [0, 0.1) is 17.7 Å². The molecule has 19 heavy (non-hydrogen) atoms. The summed E-state index contributed by atoms with van der Waals surface area (Å²) in [5.74, 6) is 5.21. The summed E-state index contributed by atoms with van der Waals surface area (Å²) in [5.41, 5.74) is 1.26. The molecule has 0 heterocycles. The summed E-state index contributed by atoms with van der Waals surface area (Å²) < 4.78 is 18.1. The van der Waals surface area contributed by atoms with Gasteiger partial charge in [-0.25, -0.2) is 4.39 Å². The van der Waals surface area contributed by atoms with Crippen LogP contribution in [0.25, 0.3) is 0 Å². The summed E-state index contributed by atoms with van der Waals surface area (Å²) in [6.07, 6.45) is 0. The maximum atomic E-state index is 13.3. The van der Waals surface area contributed by atoms with Gasteiger partial charge < -0.3 is 9.84 Å². The Hall–Kier alpha value is -1.51. The fourth-order valence-corrected chi connectivity index (χ4v) is 2.16. The fourth-order valence-electron chi connectivity index (χ4n) is 1.40. The van der Waals surface area contributed by atoms with Crippen molar-refractivity contribution in [2.45, 2.75) is 12.7 Å². The Morgan fingerprint density at radius 2 is 2.26 bits per heavy atom. The smallest absolute Gasteiger partial charge is 0.315 e. The first-order valence-electron chi connectivity index (χ1n) is 5.78. The number of ether oxygens (including phenoxy) is 1. The number of aliphatic hydroxyl groups excluding tert-OH is 1. The van der Waals surface area contributed by atoms with E-state index < -0.39 is 0 Å². The second kappa shape index (κ2) is 8.57. The van der Waals surface area contributed by atoms with Crippen molar-refractivity contribution in [3.8, 4) is 11.8 Å². The zero-order valence-corrected chi connectivity index (χ0v) is 11.4. The van der Waals surface area contributed by atoms with Crippen molar-refractivity contribution in [3.05, 3.63) is 35.1 Å². The molecule has 0 fully saturated rings. The Bertz CT molecular complexity index is 491. The van der Waals surface area contributed by atoms with Crippen LogP contribution in [-0.2, 0) is 15.3 Å². The van der Waals surface area contributed by atoms with Crippen LogP contribution in [0.1, 0.15) is 18.1 Å². The molecule has 102 valence electrons. The van der Waals surface area contributed by atoms with Crippen molar-refractivity contribution in [1.29, 1.82) is 0 Å². The molecule has 0 aromatic heterocycles. The van der Waals surface area contributed by atoms with Gasteiger partial charge in [-0.15, -0.1) is 11.8 Å². The molecule has 0 atom stereocenters. The quantitative estimate of drug-likeness (QED) is 0.662. The van der Waals surface area contributed by atoms with Gasteiger partial charge in [0.2, 0.25) is 0 Å². The first kappa shape index (κ1) is 15.5. The molecule has 0 amide bonds. The van der Waals surface area contributed by atoms with Crippen LogP contribution >= 0.6 is 11.8 Å². The van der Waals surface area contributed by atoms with E-state index in [1.165, 1.54) is 23.9 Å². The summed E-state index contributed by atoms with van der Waals surface area (Å²) in [4.78, 5) is 11.1. The van der Waals surface area contributed by atoms with Crippen LogP contribution in [0.2, 0.25) is 0 Å². The minimum Gasteiger partial charge on any atom is -0.465 e. The van der Waals surface area contributed by atoms with E-state index in [4.69, 9.17) is 9.84 Å². The van der Waals surface area contributed by atoms with Gasteiger partial charge in [-0.05, 0) is 30.7 Å². The van der Waals surface area contributed by atoms with E-state index in [9.17, 15) is 9.18 Å². The Morgan fingerprint density at radius 1 is 1.47 bits per heavy atom. The molecule has 0 aliphatic carbocycles. The Labute approximate surface area is 116 Å². The summed E-state index contributed by atoms with van der Waals surface area (Å²) in [6.45, 7) is 1.85. The van der Waals surface area contributed by atoms with Crippen molar-refractivity contribution in [2.75, 3.05) is 19.0 Å². The summed E-state index contributed by atoms with van der Waals surface area (Å²) in [6, 6.07) is 4.45. The molecule has 1 N–H and O–H groups in total. The highest BCUT2D eigenvalue weighted by Crippen LogP contribution is 2.15. The van der Waals surface area contributed by atoms with E-state index >= 15 is 0 Å². The first-order valence-corrected chi connectivity index (χ1v) is 6.93. The molecule has 0 bridgehead atoms. The maximum absolute atomic E-state index is 13.3. The number of carbonyl (C=O) groups excluding carboxylic acids is 1. The molecule has 0 unspecified atom stereocenters. The summed E-state index contributed by atoms with van der Waals surface area (Å²) in [7, 11) is 0. The fraction of sp³-hybridized carbons (Fsp3) is 0.357. The summed E-state index contributed by atoms with van der Waals surface area (Å²) in [5, 5.41) is 8.60. The van der Waals surface area contributed by atoms with Crippen molar-refractivity contribution in [3.63, 3.8) is 0 Å². The topological polar surface area (TPSA) is 46.5 Å². The second-order valence-corrected chi connectivity index (χ2v) is 4.59. The first-order chi connectivity index (χ1) is 9.15. The molecule has 5 heteroatoms. The number of aliphatic hydroxyl groups is 1. The highest BCUT2D eigenvalue weighted by Gasteiger charge is 2.04. The molecule has 0 aliphatic rings. The van der Waals surface area contributed by atoms with Crippen molar-refractivity contribution in [2.24, 2.45) is 0 Å². The number of rotatable bonds is 5. The SMILES string of the molecule is CCOC(=O)CSCc1cc(F)cc(C#CCO)c1. The Morgan fingerprint density at radius 3 is 2.95 bits per heavy atom. The van der Waals surface area contributed by atoms with Gasteiger partial charge in [-0.1, -0.05) is 11.8 Å². The van der Waals surface area contributed by atoms with Gasteiger partial charge in [0.15, 0.2) is 0 Å². The number of halogens is 1. The molecule has 3 nitrogen and oxygen atoms in total. The highest BCUT2D eigenvalue weighted by molar-refractivity contribution is 7.99. The number of hydrogen-bond acceptors (Lipinski definition) is 4. The lowest BCUT2D eigenvalue weighted by Crippen LogP contribution is -2.06. The lowest BCUT2D eigenvalue weighted by molar-refractivity contribution is -0.139. The predicted octanol–water partition coefficient (Wildman–Crippen LogP) is 1.97. The largest absolute Gasteiger partial charge is 0.465 e. The van der Waals surface area contributed by atoms with Crippen molar-refractivity contribution < 1.29 is 19.0 Å². The number of thioether (sulfide) groups is 1. The number of hydrogen-bond donors (Lipinski definition) is 1. The monoisotopic (exact) mass is 282 g/mol. The zero-order chi connectivity index (χ0) is 14.1. The number of esters is 1. The van der Waals surface area contributed by atoms with Crippen molar-refractivity contribution >= 4 is 17.7 Å². The minimum atomic E-state index is -0.378. The van der Waals surface area contributed by atoms with Crippen LogP contribution in [0.15, 0.2) is 18.2 Å².